The van der Waals surface area contributed by atoms with Crippen molar-refractivity contribution in [1.29, 1.82) is 0 Å². The van der Waals surface area contributed by atoms with Gasteiger partial charge in [0, 0.05) is 6.61 Å². The van der Waals surface area contributed by atoms with E-state index in [1.54, 1.807) is 0 Å². The van der Waals surface area contributed by atoms with Crippen LogP contribution < -0.4 is 5.32 Å². The average molecular weight is 215 g/mol. The van der Waals surface area contributed by atoms with Crippen LogP contribution in [0.3, 0.4) is 0 Å². The second-order valence-electron chi connectivity index (χ2n) is 4.35. The molecule has 0 aromatic carbocycles. The minimum Gasteiger partial charge on any atom is -0.379 e. The van der Waals surface area contributed by atoms with Crippen LogP contribution in [0.1, 0.15) is 39.0 Å². The van der Waals surface area contributed by atoms with E-state index in [1.807, 2.05) is 7.05 Å². The third kappa shape index (κ3) is 4.49. The quantitative estimate of drug-likeness (QED) is 0.596. The Kier molecular flexibility index (Phi) is 6.22. The van der Waals surface area contributed by atoms with Crippen LogP contribution in [0, 0.1) is 0 Å². The molecule has 0 aromatic heterocycles. The highest BCUT2D eigenvalue weighted by atomic mass is 16.5. The molecule has 0 aromatic rings. The molecule has 0 spiro atoms. The molecule has 1 saturated carbocycles. The van der Waals surface area contributed by atoms with Crippen molar-refractivity contribution in [3.05, 3.63) is 0 Å². The van der Waals surface area contributed by atoms with Crippen molar-refractivity contribution in [2.45, 2.75) is 44.6 Å². The van der Waals surface area contributed by atoms with Crippen LogP contribution in [-0.4, -0.2) is 39.0 Å². The monoisotopic (exact) mass is 215 g/mol. The fourth-order valence-corrected chi connectivity index (χ4v) is 1.95. The first kappa shape index (κ1) is 12.9. The van der Waals surface area contributed by atoms with Crippen LogP contribution in [0.2, 0.25) is 0 Å². The van der Waals surface area contributed by atoms with E-state index in [-0.39, 0.29) is 5.60 Å². The van der Waals surface area contributed by atoms with Gasteiger partial charge in [0.15, 0.2) is 0 Å². The lowest BCUT2D eigenvalue weighted by atomic mass is 9.77. The predicted molar refractivity (Wildman–Crippen MR) is 62.2 cm³/mol. The molecule has 1 N–H and O–H groups in total. The number of nitrogens with one attached hydrogen (secondary N) is 1. The lowest BCUT2D eigenvalue weighted by Crippen LogP contribution is -2.43. The van der Waals surface area contributed by atoms with Gasteiger partial charge in [0.1, 0.15) is 0 Å². The number of ether oxygens (including phenoxy) is 2. The lowest BCUT2D eigenvalue weighted by molar-refractivity contribution is -0.117. The average Bonchev–Trinajstić information content (AvgIpc) is 2.20. The van der Waals surface area contributed by atoms with Crippen LogP contribution in [0.25, 0.3) is 0 Å². The Bertz CT molecular complexity index is 158. The summed E-state index contributed by atoms with van der Waals surface area (Å²) in [6.45, 7) is 5.53. The normalized spacial score (nSPS) is 18.8. The summed E-state index contributed by atoms with van der Waals surface area (Å²) in [5, 5.41) is 3.19. The molecule has 0 amide bonds. The van der Waals surface area contributed by atoms with Crippen LogP contribution >= 0.6 is 0 Å². The molecule has 90 valence electrons. The zero-order valence-corrected chi connectivity index (χ0v) is 10.2. The molecule has 0 bridgehead atoms. The molecule has 0 atom stereocenters. The highest BCUT2D eigenvalue weighted by molar-refractivity contribution is 4.90. The smallest absolute Gasteiger partial charge is 0.0708 e. The fourth-order valence-electron chi connectivity index (χ4n) is 1.95. The Balaban J connectivity index is 2.05. The fraction of sp³-hybridized carbons (Fsp3) is 1.00. The van der Waals surface area contributed by atoms with Crippen LogP contribution in [0.4, 0.5) is 0 Å². The van der Waals surface area contributed by atoms with Crippen molar-refractivity contribution in [3.8, 4) is 0 Å². The van der Waals surface area contributed by atoms with Crippen LogP contribution in [0.5, 0.6) is 0 Å². The van der Waals surface area contributed by atoms with E-state index in [2.05, 4.69) is 12.2 Å². The highest BCUT2D eigenvalue weighted by Gasteiger charge is 2.37. The molecule has 0 radical (unpaired) electrons. The number of hydrogen-bond donors (Lipinski definition) is 1. The van der Waals surface area contributed by atoms with Gasteiger partial charge in [-0.2, -0.15) is 0 Å². The molecule has 0 saturated heterocycles. The van der Waals surface area contributed by atoms with E-state index >= 15 is 0 Å². The summed E-state index contributed by atoms with van der Waals surface area (Å²) in [6, 6.07) is 0. The van der Waals surface area contributed by atoms with Gasteiger partial charge in [0.05, 0.1) is 18.8 Å². The summed E-state index contributed by atoms with van der Waals surface area (Å²) in [4.78, 5) is 0. The van der Waals surface area contributed by atoms with Gasteiger partial charge in [-0.3, -0.25) is 0 Å². The van der Waals surface area contributed by atoms with Gasteiger partial charge in [0.25, 0.3) is 0 Å². The van der Waals surface area contributed by atoms with Crippen molar-refractivity contribution >= 4 is 0 Å². The van der Waals surface area contributed by atoms with Gasteiger partial charge < -0.3 is 14.8 Å². The Labute approximate surface area is 93.5 Å². The van der Waals surface area contributed by atoms with Gasteiger partial charge in [-0.1, -0.05) is 6.92 Å². The molecule has 15 heavy (non-hydrogen) atoms. The third-order valence-electron chi connectivity index (χ3n) is 3.08. The number of hydrogen-bond acceptors (Lipinski definition) is 3. The summed E-state index contributed by atoms with van der Waals surface area (Å²) in [7, 11) is 2.00. The van der Waals surface area contributed by atoms with Gasteiger partial charge >= 0.3 is 0 Å². The zero-order chi connectivity index (χ0) is 11.0. The maximum atomic E-state index is 5.95. The largest absolute Gasteiger partial charge is 0.379 e. The van der Waals surface area contributed by atoms with Crippen LogP contribution in [0.15, 0.2) is 0 Å². The Hall–Kier alpha value is -0.120. The molecule has 3 nitrogen and oxygen atoms in total. The molecule has 0 aliphatic heterocycles. The van der Waals surface area contributed by atoms with E-state index in [0.717, 1.165) is 39.2 Å². The standard InChI is InChI=1S/C12H25NO2/c1-3-9-14-10-11-15-12(5-4-6-12)7-8-13-2/h13H,3-11H2,1-2H3. The maximum Gasteiger partial charge on any atom is 0.0708 e. The van der Waals surface area contributed by atoms with Crippen molar-refractivity contribution < 1.29 is 9.47 Å². The molecule has 1 fully saturated rings. The molecular weight excluding hydrogens is 190 g/mol. The van der Waals surface area contributed by atoms with Crippen molar-refractivity contribution in [3.63, 3.8) is 0 Å². The summed E-state index contributed by atoms with van der Waals surface area (Å²) in [6.07, 6.45) is 5.99. The minimum atomic E-state index is 0.179. The first-order valence-corrected chi connectivity index (χ1v) is 6.19. The molecule has 0 heterocycles. The Morgan fingerprint density at radius 2 is 2.00 bits per heavy atom. The van der Waals surface area contributed by atoms with Crippen molar-refractivity contribution in [1.82, 2.24) is 5.32 Å². The van der Waals surface area contributed by atoms with E-state index in [1.165, 1.54) is 19.3 Å². The molecule has 1 rings (SSSR count). The van der Waals surface area contributed by atoms with Crippen molar-refractivity contribution in [2.24, 2.45) is 0 Å². The first-order valence-electron chi connectivity index (χ1n) is 6.19. The molecule has 1 aliphatic rings. The van der Waals surface area contributed by atoms with Crippen LogP contribution in [-0.2, 0) is 9.47 Å². The van der Waals surface area contributed by atoms with Gasteiger partial charge in [-0.15, -0.1) is 0 Å². The summed E-state index contributed by atoms with van der Waals surface area (Å²) < 4.78 is 11.4. The number of rotatable bonds is 9. The topological polar surface area (TPSA) is 30.5 Å². The zero-order valence-electron chi connectivity index (χ0n) is 10.2. The Morgan fingerprint density at radius 1 is 1.20 bits per heavy atom. The van der Waals surface area contributed by atoms with Gasteiger partial charge in [-0.25, -0.2) is 0 Å². The molecule has 0 unspecified atom stereocenters. The lowest BCUT2D eigenvalue weighted by Gasteiger charge is -2.41. The highest BCUT2D eigenvalue weighted by Crippen LogP contribution is 2.38. The predicted octanol–water partition coefficient (Wildman–Crippen LogP) is 1.96. The van der Waals surface area contributed by atoms with Gasteiger partial charge in [-0.05, 0) is 45.7 Å². The minimum absolute atomic E-state index is 0.179. The van der Waals surface area contributed by atoms with E-state index in [4.69, 9.17) is 9.47 Å². The Morgan fingerprint density at radius 3 is 2.53 bits per heavy atom. The maximum absolute atomic E-state index is 5.95. The van der Waals surface area contributed by atoms with E-state index in [0.29, 0.717) is 0 Å². The summed E-state index contributed by atoms with van der Waals surface area (Å²) in [5.74, 6) is 0. The first-order chi connectivity index (χ1) is 7.33. The molecule has 1 aliphatic carbocycles. The van der Waals surface area contributed by atoms with Gasteiger partial charge in [0.2, 0.25) is 0 Å². The second kappa shape index (κ2) is 7.20. The molecular formula is C12H25NO2. The van der Waals surface area contributed by atoms with E-state index in [9.17, 15) is 0 Å². The van der Waals surface area contributed by atoms with E-state index < -0.39 is 0 Å². The summed E-state index contributed by atoms with van der Waals surface area (Å²) >= 11 is 0. The second-order valence-corrected chi connectivity index (χ2v) is 4.35. The molecule has 3 heteroatoms. The SMILES string of the molecule is CCCOCCOC1(CCNC)CCC1. The van der Waals surface area contributed by atoms with Crippen molar-refractivity contribution in [2.75, 3.05) is 33.4 Å². The third-order valence-corrected chi connectivity index (χ3v) is 3.08. The summed E-state index contributed by atoms with van der Waals surface area (Å²) in [5.41, 5.74) is 0.179.